The first-order chi connectivity index (χ1) is 12.5. The van der Waals surface area contributed by atoms with Gasteiger partial charge in [-0.25, -0.2) is 9.59 Å². The van der Waals surface area contributed by atoms with E-state index in [4.69, 9.17) is 9.68 Å². The lowest BCUT2D eigenvalue weighted by atomic mass is 10.3. The van der Waals surface area contributed by atoms with Gasteiger partial charge in [-0.05, 0) is 38.1 Å². The van der Waals surface area contributed by atoms with Crippen LogP contribution in [0.5, 0.6) is 0 Å². The van der Waals surface area contributed by atoms with E-state index in [1.807, 2.05) is 12.1 Å². The molecule has 2 amide bonds. The van der Waals surface area contributed by atoms with Crippen LogP contribution in [0.2, 0.25) is 0 Å². The Labute approximate surface area is 150 Å². The summed E-state index contributed by atoms with van der Waals surface area (Å²) in [5.41, 5.74) is 1.72. The van der Waals surface area contributed by atoms with Gasteiger partial charge in [-0.1, -0.05) is 46.7 Å². The first kappa shape index (κ1) is 18.7. The molecular formula is C18H18N4O4. The minimum absolute atomic E-state index is 0.278. The van der Waals surface area contributed by atoms with Gasteiger partial charge < -0.3 is 0 Å². The van der Waals surface area contributed by atoms with Crippen molar-refractivity contribution < 1.29 is 19.3 Å². The Balaban J connectivity index is 1.82. The summed E-state index contributed by atoms with van der Waals surface area (Å²) in [6, 6.07) is 17.6. The highest BCUT2D eigenvalue weighted by molar-refractivity contribution is 6.40. The Bertz CT molecular complexity index is 735. The van der Waals surface area contributed by atoms with Crippen molar-refractivity contribution in [1.82, 2.24) is 0 Å². The summed E-state index contributed by atoms with van der Waals surface area (Å²) in [7, 11) is 0. The van der Waals surface area contributed by atoms with Crippen LogP contribution in [0.25, 0.3) is 0 Å². The van der Waals surface area contributed by atoms with E-state index in [9.17, 15) is 9.59 Å². The van der Waals surface area contributed by atoms with Gasteiger partial charge in [0.15, 0.2) is 0 Å². The Morgan fingerprint density at radius 2 is 1.04 bits per heavy atom. The maximum atomic E-state index is 11.6. The number of amides is 2. The van der Waals surface area contributed by atoms with Crippen LogP contribution in [-0.2, 0) is 9.68 Å². The fourth-order valence-electron chi connectivity index (χ4n) is 1.68. The summed E-state index contributed by atoms with van der Waals surface area (Å²) in [5, 5.41) is 12.3. The van der Waals surface area contributed by atoms with E-state index in [0.717, 1.165) is 0 Å². The molecule has 2 aromatic rings. The molecule has 134 valence electrons. The van der Waals surface area contributed by atoms with Crippen molar-refractivity contribution in [1.29, 1.82) is 0 Å². The lowest BCUT2D eigenvalue weighted by molar-refractivity contribution is 0.164. The number of nitrogens with zero attached hydrogens (tertiary/aromatic N) is 2. The van der Waals surface area contributed by atoms with E-state index in [0.29, 0.717) is 11.4 Å². The normalized spacial score (nSPS) is 11.5. The topological polar surface area (TPSA) is 101 Å². The Morgan fingerprint density at radius 1 is 0.692 bits per heavy atom. The first-order valence-electron chi connectivity index (χ1n) is 7.70. The predicted octanol–water partition coefficient (Wildman–Crippen LogP) is 4.24. The van der Waals surface area contributed by atoms with Gasteiger partial charge >= 0.3 is 12.2 Å². The SMILES string of the molecule is CC(=N/OC(=O)Nc1ccccc1)/C(C)=N\OC(=O)Nc1ccccc1. The van der Waals surface area contributed by atoms with Gasteiger partial charge in [-0.15, -0.1) is 0 Å². The van der Waals surface area contributed by atoms with E-state index in [-0.39, 0.29) is 11.4 Å². The minimum Gasteiger partial charge on any atom is -0.297 e. The number of nitrogens with one attached hydrogen (secondary N) is 2. The zero-order valence-electron chi connectivity index (χ0n) is 14.3. The molecule has 2 N–H and O–H groups in total. The molecule has 0 aliphatic rings. The van der Waals surface area contributed by atoms with Crippen molar-refractivity contribution >= 4 is 35.0 Å². The molecular weight excluding hydrogens is 336 g/mol. The number of carbonyl (C=O) groups excluding carboxylic acids is 2. The molecule has 0 aliphatic carbocycles. The number of anilines is 2. The summed E-state index contributed by atoms with van der Waals surface area (Å²) in [6.07, 6.45) is -1.49. The van der Waals surface area contributed by atoms with Crippen LogP contribution in [0.4, 0.5) is 21.0 Å². The zero-order chi connectivity index (χ0) is 18.8. The van der Waals surface area contributed by atoms with Crippen molar-refractivity contribution in [3.63, 3.8) is 0 Å². The average Bonchev–Trinajstić information content (AvgIpc) is 2.65. The van der Waals surface area contributed by atoms with Gasteiger partial charge in [-0.2, -0.15) is 0 Å². The van der Waals surface area contributed by atoms with Gasteiger partial charge in [0.1, 0.15) is 11.4 Å². The van der Waals surface area contributed by atoms with Gasteiger partial charge in [-0.3, -0.25) is 20.3 Å². The van der Waals surface area contributed by atoms with E-state index in [1.54, 1.807) is 62.4 Å². The van der Waals surface area contributed by atoms with E-state index in [2.05, 4.69) is 20.9 Å². The number of carbonyl (C=O) groups is 2. The van der Waals surface area contributed by atoms with Crippen molar-refractivity contribution in [3.05, 3.63) is 60.7 Å². The first-order valence-corrected chi connectivity index (χ1v) is 7.70. The predicted molar refractivity (Wildman–Crippen MR) is 99.3 cm³/mol. The molecule has 0 heterocycles. The fraction of sp³-hybridized carbons (Fsp3) is 0.111. The van der Waals surface area contributed by atoms with E-state index < -0.39 is 12.2 Å². The van der Waals surface area contributed by atoms with Crippen LogP contribution < -0.4 is 10.6 Å². The molecule has 0 unspecified atom stereocenters. The molecule has 0 atom stereocenters. The van der Waals surface area contributed by atoms with Crippen molar-refractivity contribution in [3.8, 4) is 0 Å². The number of benzene rings is 2. The molecule has 0 saturated carbocycles. The Kier molecular flexibility index (Phi) is 6.87. The van der Waals surface area contributed by atoms with Crippen LogP contribution in [0.1, 0.15) is 13.8 Å². The third-order valence-electron chi connectivity index (χ3n) is 3.09. The van der Waals surface area contributed by atoms with Crippen molar-refractivity contribution in [2.45, 2.75) is 13.8 Å². The van der Waals surface area contributed by atoms with Crippen molar-refractivity contribution in [2.75, 3.05) is 10.6 Å². The van der Waals surface area contributed by atoms with Gasteiger partial charge in [0.25, 0.3) is 0 Å². The Morgan fingerprint density at radius 3 is 1.38 bits per heavy atom. The van der Waals surface area contributed by atoms with Crippen LogP contribution >= 0.6 is 0 Å². The van der Waals surface area contributed by atoms with Gasteiger partial charge in [0.05, 0.1) is 0 Å². The lowest BCUT2D eigenvalue weighted by Crippen LogP contribution is -2.15. The molecule has 0 spiro atoms. The number of hydrogen-bond donors (Lipinski definition) is 2. The molecule has 0 aromatic heterocycles. The molecule has 2 aromatic carbocycles. The third-order valence-corrected chi connectivity index (χ3v) is 3.09. The van der Waals surface area contributed by atoms with Crippen LogP contribution in [0.3, 0.4) is 0 Å². The number of para-hydroxylation sites is 2. The second-order valence-corrected chi connectivity index (χ2v) is 5.09. The number of rotatable bonds is 5. The molecule has 2 rings (SSSR count). The minimum atomic E-state index is -0.744. The van der Waals surface area contributed by atoms with Crippen LogP contribution in [0.15, 0.2) is 71.0 Å². The second kappa shape index (κ2) is 9.58. The molecule has 0 bridgehead atoms. The molecule has 26 heavy (non-hydrogen) atoms. The lowest BCUT2D eigenvalue weighted by Gasteiger charge is -2.04. The third kappa shape index (κ3) is 6.44. The monoisotopic (exact) mass is 354 g/mol. The maximum Gasteiger partial charge on any atom is 0.437 e. The molecule has 0 saturated heterocycles. The Hall–Kier alpha value is -3.68. The van der Waals surface area contributed by atoms with Crippen molar-refractivity contribution in [2.24, 2.45) is 10.3 Å². The summed E-state index contributed by atoms with van der Waals surface area (Å²) in [5.74, 6) is 0. The number of hydrogen-bond acceptors (Lipinski definition) is 6. The zero-order valence-corrected chi connectivity index (χ0v) is 14.3. The highest BCUT2D eigenvalue weighted by Crippen LogP contribution is 2.06. The summed E-state index contributed by atoms with van der Waals surface area (Å²) in [6.45, 7) is 3.13. The fourth-order valence-corrected chi connectivity index (χ4v) is 1.68. The van der Waals surface area contributed by atoms with Gasteiger partial charge in [0, 0.05) is 11.4 Å². The molecule has 0 radical (unpaired) electrons. The summed E-state index contributed by atoms with van der Waals surface area (Å²) >= 11 is 0. The molecule has 8 nitrogen and oxygen atoms in total. The largest absolute Gasteiger partial charge is 0.437 e. The molecule has 0 aliphatic heterocycles. The summed E-state index contributed by atoms with van der Waals surface area (Å²) in [4.78, 5) is 32.7. The van der Waals surface area contributed by atoms with E-state index >= 15 is 0 Å². The highest BCUT2D eigenvalue weighted by atomic mass is 16.7. The molecule has 8 heteroatoms. The average molecular weight is 354 g/mol. The standard InChI is InChI=1S/C18H18N4O4/c1-13(21-25-17(23)19-15-9-5-3-6-10-15)14(2)22-26-18(24)20-16-11-7-4-8-12-16/h3-12H,1-2H3,(H,19,23)(H,20,24)/b21-13-,22-14-. The highest BCUT2D eigenvalue weighted by Gasteiger charge is 2.06. The maximum absolute atomic E-state index is 11.6. The van der Waals surface area contributed by atoms with Crippen LogP contribution in [-0.4, -0.2) is 23.6 Å². The van der Waals surface area contributed by atoms with E-state index in [1.165, 1.54) is 0 Å². The molecule has 0 fully saturated rings. The number of oxime groups is 2. The quantitative estimate of drug-likeness (QED) is 0.476. The second-order valence-electron chi connectivity index (χ2n) is 5.09. The smallest absolute Gasteiger partial charge is 0.297 e. The summed E-state index contributed by atoms with van der Waals surface area (Å²) < 4.78 is 0. The van der Waals surface area contributed by atoms with Gasteiger partial charge in [0.2, 0.25) is 0 Å². The van der Waals surface area contributed by atoms with Crippen LogP contribution in [0, 0.1) is 0 Å².